The molecule has 15 heavy (non-hydrogen) atoms. The molecule has 1 aromatic heterocycles. The molecule has 3 nitrogen and oxygen atoms in total. The Hall–Kier alpha value is -1.41. The van der Waals surface area contributed by atoms with Crippen molar-refractivity contribution in [2.45, 2.75) is 12.8 Å². The molecular weight excluding hydrogens is 226 g/mol. The van der Waals surface area contributed by atoms with Crippen LogP contribution >= 0.6 is 11.6 Å². The minimum atomic E-state index is -2.78. The van der Waals surface area contributed by atoms with E-state index >= 15 is 0 Å². The zero-order valence-corrected chi connectivity index (χ0v) is 8.55. The lowest BCUT2D eigenvalue weighted by Crippen LogP contribution is -2.01. The van der Waals surface area contributed by atoms with Gasteiger partial charge in [0.2, 0.25) is 0 Å². The number of hydrogen-bond acceptors (Lipinski definition) is 3. The highest BCUT2D eigenvalue weighted by atomic mass is 35.5. The van der Waals surface area contributed by atoms with E-state index in [1.165, 1.54) is 13.2 Å². The molecule has 0 saturated heterocycles. The number of nitrogens with zero attached hydrogens (tertiary/aromatic N) is 2. The fraction of sp³-hybridized carbons (Fsp3) is 0.333. The van der Waals surface area contributed by atoms with Crippen molar-refractivity contribution in [1.82, 2.24) is 4.98 Å². The van der Waals surface area contributed by atoms with Crippen LogP contribution in [0.4, 0.5) is 8.78 Å². The van der Waals surface area contributed by atoms with Gasteiger partial charge in [-0.15, -0.1) is 0 Å². The monoisotopic (exact) mass is 232 g/mol. The van der Waals surface area contributed by atoms with Gasteiger partial charge in [-0.1, -0.05) is 11.6 Å². The Bertz CT molecular complexity index is 404. The molecule has 1 heterocycles. The van der Waals surface area contributed by atoms with E-state index < -0.39 is 12.1 Å². The highest BCUT2D eigenvalue weighted by molar-refractivity contribution is 6.29. The van der Waals surface area contributed by atoms with Crippen LogP contribution in [0.15, 0.2) is 6.07 Å². The number of alkyl halides is 2. The van der Waals surface area contributed by atoms with Crippen molar-refractivity contribution in [3.8, 4) is 11.8 Å². The molecule has 0 bridgehead atoms. The summed E-state index contributed by atoms with van der Waals surface area (Å²) in [6, 6.07) is 3.18. The quantitative estimate of drug-likeness (QED) is 0.753. The van der Waals surface area contributed by atoms with Gasteiger partial charge >= 0.3 is 0 Å². The number of hydrogen-bond donors (Lipinski definition) is 0. The Balaban J connectivity index is 3.33. The first kappa shape index (κ1) is 11.7. The molecule has 0 aliphatic rings. The molecule has 0 N–H and O–H groups in total. The molecule has 0 aliphatic carbocycles. The minimum absolute atomic E-state index is 0.0505. The van der Waals surface area contributed by atoms with Crippen molar-refractivity contribution < 1.29 is 13.5 Å². The summed E-state index contributed by atoms with van der Waals surface area (Å²) in [5.41, 5.74) is -0.217. The van der Waals surface area contributed by atoms with Gasteiger partial charge in [0.25, 0.3) is 6.43 Å². The minimum Gasteiger partial charge on any atom is -0.494 e. The molecule has 80 valence electrons. The zero-order valence-electron chi connectivity index (χ0n) is 7.80. The van der Waals surface area contributed by atoms with Gasteiger partial charge in [0.1, 0.15) is 5.15 Å². The van der Waals surface area contributed by atoms with Crippen LogP contribution in [-0.4, -0.2) is 12.1 Å². The molecular formula is C9H7ClF2N2O. The molecule has 0 saturated carbocycles. The molecule has 0 radical (unpaired) electrons. The molecule has 1 aromatic rings. The molecule has 0 spiro atoms. The third kappa shape index (κ3) is 2.54. The summed E-state index contributed by atoms with van der Waals surface area (Å²) < 4.78 is 29.9. The van der Waals surface area contributed by atoms with E-state index in [9.17, 15) is 8.78 Å². The fourth-order valence-corrected chi connectivity index (χ4v) is 1.39. The van der Waals surface area contributed by atoms with Crippen LogP contribution in [0.2, 0.25) is 5.15 Å². The average molecular weight is 233 g/mol. The number of ether oxygens (including phenoxy) is 1. The van der Waals surface area contributed by atoms with Gasteiger partial charge < -0.3 is 4.74 Å². The first-order valence-electron chi connectivity index (χ1n) is 3.98. The lowest BCUT2D eigenvalue weighted by molar-refractivity contribution is 0.141. The Kier molecular flexibility index (Phi) is 3.81. The lowest BCUT2D eigenvalue weighted by atomic mass is 10.1. The first-order chi connectivity index (χ1) is 7.10. The molecule has 6 heteroatoms. The molecule has 0 atom stereocenters. The number of nitriles is 1. The molecule has 0 unspecified atom stereocenters. The summed E-state index contributed by atoms with van der Waals surface area (Å²) in [5.74, 6) is -0.0732. The van der Waals surface area contributed by atoms with Crippen molar-refractivity contribution in [2.24, 2.45) is 0 Å². The van der Waals surface area contributed by atoms with Crippen molar-refractivity contribution >= 4 is 11.6 Å². The Labute approximate surface area is 90.3 Å². The maximum atomic E-state index is 12.5. The predicted molar refractivity (Wildman–Crippen MR) is 50.1 cm³/mol. The van der Waals surface area contributed by atoms with E-state index in [0.29, 0.717) is 5.56 Å². The molecule has 0 aromatic carbocycles. The van der Waals surface area contributed by atoms with E-state index in [2.05, 4.69) is 4.98 Å². The second-order valence-corrected chi connectivity index (χ2v) is 3.05. The van der Waals surface area contributed by atoms with Crippen LogP contribution in [0.3, 0.4) is 0 Å². The highest BCUT2D eigenvalue weighted by Crippen LogP contribution is 2.32. The highest BCUT2D eigenvalue weighted by Gasteiger charge is 2.20. The van der Waals surface area contributed by atoms with Gasteiger partial charge in [0.15, 0.2) is 11.4 Å². The number of rotatable bonds is 3. The Morgan fingerprint density at radius 1 is 1.67 bits per heavy atom. The van der Waals surface area contributed by atoms with Crippen molar-refractivity contribution in [1.29, 1.82) is 5.26 Å². The fourth-order valence-electron chi connectivity index (χ4n) is 1.17. The summed E-state index contributed by atoms with van der Waals surface area (Å²) in [7, 11) is 1.25. The topological polar surface area (TPSA) is 45.9 Å². The van der Waals surface area contributed by atoms with Crippen molar-refractivity contribution in [2.75, 3.05) is 7.11 Å². The van der Waals surface area contributed by atoms with E-state index in [-0.39, 0.29) is 17.3 Å². The van der Waals surface area contributed by atoms with Crippen molar-refractivity contribution in [3.05, 3.63) is 22.5 Å². The van der Waals surface area contributed by atoms with Crippen LogP contribution in [0.5, 0.6) is 5.75 Å². The molecule has 1 rings (SSSR count). The van der Waals surface area contributed by atoms with Crippen LogP contribution in [0.25, 0.3) is 0 Å². The first-order valence-corrected chi connectivity index (χ1v) is 4.36. The third-order valence-electron chi connectivity index (χ3n) is 1.73. The number of methoxy groups -OCH3 is 1. The summed E-state index contributed by atoms with van der Waals surface area (Å²) in [6.45, 7) is 0. The summed E-state index contributed by atoms with van der Waals surface area (Å²) in [5, 5.41) is 8.43. The van der Waals surface area contributed by atoms with Gasteiger partial charge in [-0.25, -0.2) is 13.8 Å². The predicted octanol–water partition coefficient (Wildman–Crippen LogP) is 2.75. The number of aromatic nitrogens is 1. The van der Waals surface area contributed by atoms with Gasteiger partial charge in [0.05, 0.1) is 19.6 Å². The zero-order chi connectivity index (χ0) is 11.4. The number of halogens is 3. The van der Waals surface area contributed by atoms with Gasteiger partial charge in [-0.2, -0.15) is 5.26 Å². The van der Waals surface area contributed by atoms with E-state index in [1.807, 2.05) is 6.07 Å². The van der Waals surface area contributed by atoms with E-state index in [4.69, 9.17) is 21.6 Å². The summed E-state index contributed by atoms with van der Waals surface area (Å²) >= 11 is 5.55. The van der Waals surface area contributed by atoms with Crippen LogP contribution in [-0.2, 0) is 6.42 Å². The van der Waals surface area contributed by atoms with E-state index in [0.717, 1.165) is 0 Å². The normalized spacial score (nSPS) is 10.1. The maximum absolute atomic E-state index is 12.5. The second-order valence-electron chi connectivity index (χ2n) is 2.66. The summed E-state index contributed by atoms with van der Waals surface area (Å²) in [6.07, 6.45) is -2.83. The molecule has 0 amide bonds. The van der Waals surface area contributed by atoms with Gasteiger partial charge in [0, 0.05) is 5.56 Å². The Morgan fingerprint density at radius 2 is 2.33 bits per heavy atom. The Morgan fingerprint density at radius 3 is 2.80 bits per heavy atom. The number of pyridine rings is 1. The van der Waals surface area contributed by atoms with Crippen molar-refractivity contribution in [3.63, 3.8) is 0 Å². The van der Waals surface area contributed by atoms with Crippen LogP contribution < -0.4 is 4.74 Å². The second kappa shape index (κ2) is 4.89. The SMILES string of the molecule is COc1c(CC#N)cc(Cl)nc1C(F)F. The lowest BCUT2D eigenvalue weighted by Gasteiger charge is -2.10. The third-order valence-corrected chi connectivity index (χ3v) is 1.92. The molecule has 0 aliphatic heterocycles. The van der Waals surface area contributed by atoms with Gasteiger partial charge in [-0.3, -0.25) is 0 Å². The van der Waals surface area contributed by atoms with Crippen LogP contribution in [0, 0.1) is 11.3 Å². The smallest absolute Gasteiger partial charge is 0.284 e. The largest absolute Gasteiger partial charge is 0.494 e. The summed E-state index contributed by atoms with van der Waals surface area (Å²) in [4.78, 5) is 3.47. The van der Waals surface area contributed by atoms with Crippen LogP contribution in [0.1, 0.15) is 17.7 Å². The van der Waals surface area contributed by atoms with Gasteiger partial charge in [-0.05, 0) is 6.07 Å². The standard InChI is InChI=1S/C9H7ClF2N2O/c1-15-8-5(2-3-13)4-6(10)14-7(8)9(11)12/h4,9H,2H2,1H3. The maximum Gasteiger partial charge on any atom is 0.284 e. The average Bonchev–Trinajstić information content (AvgIpc) is 2.17. The molecule has 0 fully saturated rings. The van der Waals surface area contributed by atoms with E-state index in [1.54, 1.807) is 0 Å².